The van der Waals surface area contributed by atoms with Crippen LogP contribution in [0.25, 0.3) is 0 Å². The van der Waals surface area contributed by atoms with E-state index in [2.05, 4.69) is 16.3 Å². The van der Waals surface area contributed by atoms with Crippen molar-refractivity contribution in [2.24, 2.45) is 0 Å². The van der Waals surface area contributed by atoms with Crippen LogP contribution in [0, 0.1) is 0 Å². The maximum Gasteiger partial charge on any atom is 0.410 e. The number of carbonyl (C=O) groups excluding carboxylic acids is 2. The van der Waals surface area contributed by atoms with Crippen LogP contribution >= 0.6 is 0 Å². The molecule has 3 rings (SSSR count). The fraction of sp³-hybridized carbons (Fsp3) is 0.440. The highest BCUT2D eigenvalue weighted by molar-refractivity contribution is 6.04. The van der Waals surface area contributed by atoms with Crippen molar-refractivity contribution in [1.82, 2.24) is 9.80 Å². The molecular formula is C25H33N3O3. The standard InChI is InChI=1S/C25H33N3O3/c1-25(2,3)31-24(30)27(4)17-20-10-8-12-22(16-20)26-23(29)21-11-7-9-19(15-21)18-28-13-5-6-14-28/h7-12,15-16H,5-6,13-14,17-18H2,1-4H3,(H,26,29). The van der Waals surface area contributed by atoms with E-state index in [0.29, 0.717) is 17.8 Å². The lowest BCUT2D eigenvalue weighted by Crippen LogP contribution is -2.33. The number of ether oxygens (including phenoxy) is 1. The van der Waals surface area contributed by atoms with Crippen LogP contribution in [0.5, 0.6) is 0 Å². The number of benzene rings is 2. The second-order valence-corrected chi connectivity index (χ2v) is 9.17. The molecule has 1 aliphatic rings. The Hall–Kier alpha value is -2.86. The zero-order valence-corrected chi connectivity index (χ0v) is 19.0. The first kappa shape index (κ1) is 22.8. The number of carbonyl (C=O) groups is 2. The molecule has 2 amide bonds. The Balaban J connectivity index is 1.61. The van der Waals surface area contributed by atoms with Crippen molar-refractivity contribution in [3.63, 3.8) is 0 Å². The summed E-state index contributed by atoms with van der Waals surface area (Å²) in [5.41, 5.74) is 2.87. The maximum atomic E-state index is 12.8. The molecule has 1 N–H and O–H groups in total. The van der Waals surface area contributed by atoms with Crippen molar-refractivity contribution in [3.8, 4) is 0 Å². The summed E-state index contributed by atoms with van der Waals surface area (Å²) in [6.07, 6.45) is 2.12. The number of nitrogens with one attached hydrogen (secondary N) is 1. The van der Waals surface area contributed by atoms with Gasteiger partial charge in [-0.15, -0.1) is 0 Å². The van der Waals surface area contributed by atoms with Crippen molar-refractivity contribution >= 4 is 17.7 Å². The van der Waals surface area contributed by atoms with Gasteiger partial charge in [0.2, 0.25) is 0 Å². The largest absolute Gasteiger partial charge is 0.444 e. The van der Waals surface area contributed by atoms with E-state index in [1.165, 1.54) is 17.7 Å². The maximum absolute atomic E-state index is 12.8. The molecule has 1 saturated heterocycles. The summed E-state index contributed by atoms with van der Waals surface area (Å²) in [4.78, 5) is 28.9. The predicted molar refractivity (Wildman–Crippen MR) is 123 cm³/mol. The van der Waals surface area contributed by atoms with Crippen molar-refractivity contribution < 1.29 is 14.3 Å². The summed E-state index contributed by atoms with van der Waals surface area (Å²) in [7, 11) is 1.70. The Morgan fingerprint density at radius 1 is 1.03 bits per heavy atom. The zero-order chi connectivity index (χ0) is 22.4. The second-order valence-electron chi connectivity index (χ2n) is 9.17. The van der Waals surface area contributed by atoms with Crippen LogP contribution in [-0.2, 0) is 17.8 Å². The number of anilines is 1. The van der Waals surface area contributed by atoms with Gasteiger partial charge in [-0.25, -0.2) is 4.79 Å². The number of hydrogen-bond acceptors (Lipinski definition) is 4. The fourth-order valence-corrected chi connectivity index (χ4v) is 3.64. The Labute approximate surface area is 185 Å². The zero-order valence-electron chi connectivity index (χ0n) is 19.0. The highest BCUT2D eigenvalue weighted by atomic mass is 16.6. The molecule has 0 atom stereocenters. The Kier molecular flexibility index (Phi) is 7.33. The summed E-state index contributed by atoms with van der Waals surface area (Å²) < 4.78 is 5.40. The van der Waals surface area contributed by atoms with Gasteiger partial charge in [0.15, 0.2) is 0 Å². The van der Waals surface area contributed by atoms with Gasteiger partial charge in [-0.2, -0.15) is 0 Å². The Morgan fingerprint density at radius 2 is 1.71 bits per heavy atom. The molecule has 1 heterocycles. The predicted octanol–water partition coefficient (Wildman–Crippen LogP) is 4.90. The lowest BCUT2D eigenvalue weighted by molar-refractivity contribution is 0.0285. The number of likely N-dealkylation sites (tertiary alicyclic amines) is 1. The van der Waals surface area contributed by atoms with Crippen molar-refractivity contribution in [3.05, 3.63) is 65.2 Å². The quantitative estimate of drug-likeness (QED) is 0.718. The topological polar surface area (TPSA) is 61.9 Å². The van der Waals surface area contributed by atoms with Gasteiger partial charge in [0.1, 0.15) is 5.60 Å². The molecule has 6 nitrogen and oxygen atoms in total. The summed E-state index contributed by atoms with van der Waals surface area (Å²) in [6, 6.07) is 15.3. The SMILES string of the molecule is CN(Cc1cccc(NC(=O)c2cccc(CN3CCCC3)c2)c1)C(=O)OC(C)(C)C. The van der Waals surface area contributed by atoms with Crippen molar-refractivity contribution in [2.75, 3.05) is 25.5 Å². The first-order valence-corrected chi connectivity index (χ1v) is 10.9. The molecule has 0 radical (unpaired) electrons. The third-order valence-corrected chi connectivity index (χ3v) is 5.10. The molecule has 0 aliphatic carbocycles. The Morgan fingerprint density at radius 3 is 2.42 bits per heavy atom. The summed E-state index contributed by atoms with van der Waals surface area (Å²) in [6.45, 7) is 9.05. The minimum Gasteiger partial charge on any atom is -0.444 e. The number of amides is 2. The molecule has 1 aliphatic heterocycles. The molecule has 2 aromatic rings. The van der Waals surface area contributed by atoms with Crippen molar-refractivity contribution in [1.29, 1.82) is 0 Å². The highest BCUT2D eigenvalue weighted by Crippen LogP contribution is 2.17. The second kappa shape index (κ2) is 9.96. The van der Waals surface area contributed by atoms with Gasteiger partial charge in [0.05, 0.1) is 0 Å². The molecular weight excluding hydrogens is 390 g/mol. The van der Waals surface area contributed by atoms with Crippen LogP contribution in [0.1, 0.15) is 55.1 Å². The van der Waals surface area contributed by atoms with E-state index < -0.39 is 5.60 Å². The molecule has 0 spiro atoms. The molecule has 166 valence electrons. The minimum atomic E-state index is -0.537. The first-order valence-electron chi connectivity index (χ1n) is 10.9. The normalized spacial score (nSPS) is 14.3. The van der Waals surface area contributed by atoms with Gasteiger partial charge >= 0.3 is 6.09 Å². The monoisotopic (exact) mass is 423 g/mol. The van der Waals surface area contributed by atoms with Crippen LogP contribution in [0.4, 0.5) is 10.5 Å². The average molecular weight is 424 g/mol. The van der Waals surface area contributed by atoms with Crippen LogP contribution in [0.2, 0.25) is 0 Å². The van der Waals surface area contributed by atoms with E-state index >= 15 is 0 Å². The van der Waals surface area contributed by atoms with E-state index in [1.54, 1.807) is 7.05 Å². The van der Waals surface area contributed by atoms with Gasteiger partial charge in [0, 0.05) is 31.4 Å². The lowest BCUT2D eigenvalue weighted by Gasteiger charge is -2.24. The first-order chi connectivity index (χ1) is 14.7. The van der Waals surface area contributed by atoms with E-state index in [4.69, 9.17) is 4.74 Å². The smallest absolute Gasteiger partial charge is 0.410 e. The molecule has 1 fully saturated rings. The van der Waals surface area contributed by atoms with Crippen molar-refractivity contribution in [2.45, 2.75) is 52.3 Å². The van der Waals surface area contributed by atoms with Gasteiger partial charge in [0.25, 0.3) is 5.91 Å². The van der Waals surface area contributed by atoms with E-state index in [-0.39, 0.29) is 12.0 Å². The van der Waals surface area contributed by atoms with Crippen LogP contribution in [0.15, 0.2) is 48.5 Å². The van der Waals surface area contributed by atoms with Gasteiger partial charge in [-0.3, -0.25) is 9.69 Å². The molecule has 0 aromatic heterocycles. The molecule has 0 unspecified atom stereocenters. The lowest BCUT2D eigenvalue weighted by atomic mass is 10.1. The van der Waals surface area contributed by atoms with Crippen LogP contribution < -0.4 is 5.32 Å². The third-order valence-electron chi connectivity index (χ3n) is 5.10. The summed E-state index contributed by atoms with van der Waals surface area (Å²) in [5, 5.41) is 2.97. The summed E-state index contributed by atoms with van der Waals surface area (Å²) in [5.74, 6) is -0.138. The van der Waals surface area contributed by atoms with Crippen LogP contribution in [0.3, 0.4) is 0 Å². The molecule has 0 saturated carbocycles. The van der Waals surface area contributed by atoms with Crippen LogP contribution in [-0.4, -0.2) is 47.5 Å². The average Bonchev–Trinajstić information content (AvgIpc) is 3.20. The van der Waals surface area contributed by atoms with E-state index in [0.717, 1.165) is 30.8 Å². The summed E-state index contributed by atoms with van der Waals surface area (Å²) >= 11 is 0. The van der Waals surface area contributed by atoms with Gasteiger partial charge in [-0.1, -0.05) is 24.3 Å². The van der Waals surface area contributed by atoms with E-state index in [1.807, 2.05) is 63.2 Å². The molecule has 0 bridgehead atoms. The third kappa shape index (κ3) is 7.10. The molecule has 2 aromatic carbocycles. The number of hydrogen-bond donors (Lipinski definition) is 1. The number of rotatable bonds is 6. The Bertz CT molecular complexity index is 914. The van der Waals surface area contributed by atoms with Gasteiger partial charge in [-0.05, 0) is 82.1 Å². The fourth-order valence-electron chi connectivity index (χ4n) is 3.64. The molecule has 6 heteroatoms. The molecule has 31 heavy (non-hydrogen) atoms. The number of nitrogens with zero attached hydrogens (tertiary/aromatic N) is 2. The van der Waals surface area contributed by atoms with E-state index in [9.17, 15) is 9.59 Å². The minimum absolute atomic E-state index is 0.138. The highest BCUT2D eigenvalue weighted by Gasteiger charge is 2.20. The van der Waals surface area contributed by atoms with Gasteiger partial charge < -0.3 is 15.0 Å².